The average Bonchev–Trinajstić information content (AvgIpc) is 2.77. The van der Waals surface area contributed by atoms with E-state index >= 15 is 0 Å². The standard InChI is InChI=1S/C16H21F2N3O7/c1-7(26-9(3)23)12-13(27-10(4)24)16(17,18)14(28-12)21-6-5-11(19-8(2)22)20-15(21)25/h5-8,12-14,22H,1-4H3,(H,19,20,25). The first-order valence-corrected chi connectivity index (χ1v) is 8.35. The number of esters is 2. The molecule has 1 fully saturated rings. The number of aliphatic hydroxyl groups excluding tert-OH is 1. The van der Waals surface area contributed by atoms with Gasteiger partial charge in [0.25, 0.3) is 0 Å². The van der Waals surface area contributed by atoms with Gasteiger partial charge in [0, 0.05) is 20.0 Å². The van der Waals surface area contributed by atoms with Crippen LogP contribution in [0.15, 0.2) is 17.1 Å². The largest absolute Gasteiger partial charge is 0.460 e. The number of carbonyl (C=O) groups is 2. The van der Waals surface area contributed by atoms with Crippen LogP contribution in [0.1, 0.15) is 33.9 Å². The topological polar surface area (TPSA) is 129 Å². The number of hydrogen-bond acceptors (Lipinski definition) is 9. The van der Waals surface area contributed by atoms with Crippen molar-refractivity contribution < 1.29 is 37.7 Å². The van der Waals surface area contributed by atoms with Gasteiger partial charge in [-0.15, -0.1) is 0 Å². The van der Waals surface area contributed by atoms with E-state index in [1.54, 1.807) is 0 Å². The van der Waals surface area contributed by atoms with Gasteiger partial charge >= 0.3 is 23.6 Å². The lowest BCUT2D eigenvalue weighted by Gasteiger charge is -2.25. The lowest BCUT2D eigenvalue weighted by molar-refractivity contribution is -0.176. The van der Waals surface area contributed by atoms with Gasteiger partial charge in [-0.2, -0.15) is 13.8 Å². The van der Waals surface area contributed by atoms with Crippen molar-refractivity contribution in [3.63, 3.8) is 0 Å². The fraction of sp³-hybridized carbons (Fsp3) is 0.625. The molecule has 1 aliphatic heterocycles. The second-order valence-electron chi connectivity index (χ2n) is 6.30. The number of ether oxygens (including phenoxy) is 3. The molecule has 12 heteroatoms. The number of nitrogens with one attached hydrogen (secondary N) is 1. The van der Waals surface area contributed by atoms with Crippen molar-refractivity contribution in [3.8, 4) is 0 Å². The Morgan fingerprint density at radius 3 is 2.50 bits per heavy atom. The maximum Gasteiger partial charge on any atom is 0.351 e. The predicted molar refractivity (Wildman–Crippen MR) is 89.4 cm³/mol. The van der Waals surface area contributed by atoms with Crippen LogP contribution < -0.4 is 11.0 Å². The van der Waals surface area contributed by atoms with Gasteiger partial charge in [-0.1, -0.05) is 0 Å². The molecule has 0 saturated carbocycles. The number of carbonyl (C=O) groups excluding carboxylic acids is 2. The third kappa shape index (κ3) is 4.62. The first-order chi connectivity index (χ1) is 12.9. The summed E-state index contributed by atoms with van der Waals surface area (Å²) in [6.07, 6.45) is -6.96. The molecule has 1 saturated heterocycles. The highest BCUT2D eigenvalue weighted by Gasteiger charge is 2.64. The summed E-state index contributed by atoms with van der Waals surface area (Å²) in [7, 11) is 0. The van der Waals surface area contributed by atoms with E-state index in [1.807, 2.05) is 0 Å². The van der Waals surface area contributed by atoms with E-state index in [2.05, 4.69) is 10.3 Å². The number of anilines is 1. The Morgan fingerprint density at radius 2 is 2.00 bits per heavy atom. The van der Waals surface area contributed by atoms with Crippen molar-refractivity contribution in [3.05, 3.63) is 22.7 Å². The minimum absolute atomic E-state index is 0.0288. The number of rotatable bonds is 6. The molecule has 0 aromatic carbocycles. The molecular weight excluding hydrogens is 384 g/mol. The van der Waals surface area contributed by atoms with Gasteiger partial charge in [-0.25, -0.2) is 4.79 Å². The van der Waals surface area contributed by atoms with Gasteiger partial charge in [0.05, 0.1) is 0 Å². The number of hydrogen-bond donors (Lipinski definition) is 2. The van der Waals surface area contributed by atoms with E-state index in [9.17, 15) is 28.3 Å². The second-order valence-corrected chi connectivity index (χ2v) is 6.30. The van der Waals surface area contributed by atoms with Crippen molar-refractivity contribution in [2.45, 2.75) is 64.4 Å². The second kappa shape index (κ2) is 8.19. The molecule has 1 aromatic rings. The Hall–Kier alpha value is -2.60. The quantitative estimate of drug-likeness (QED) is 0.511. The van der Waals surface area contributed by atoms with E-state index in [0.29, 0.717) is 4.57 Å². The van der Waals surface area contributed by atoms with Crippen LogP contribution in [-0.2, 0) is 23.8 Å². The smallest absolute Gasteiger partial charge is 0.351 e. The van der Waals surface area contributed by atoms with E-state index in [0.717, 1.165) is 20.0 Å². The summed E-state index contributed by atoms with van der Waals surface area (Å²) in [6, 6.07) is 1.19. The highest BCUT2D eigenvalue weighted by molar-refractivity contribution is 5.67. The molecule has 0 aliphatic carbocycles. The van der Waals surface area contributed by atoms with Crippen LogP contribution in [0.2, 0.25) is 0 Å². The zero-order chi connectivity index (χ0) is 21.2. The summed E-state index contributed by atoms with van der Waals surface area (Å²) in [6.45, 7) is 4.72. The molecule has 0 bridgehead atoms. The molecule has 5 unspecified atom stereocenters. The zero-order valence-corrected chi connectivity index (χ0v) is 15.6. The van der Waals surface area contributed by atoms with E-state index in [4.69, 9.17) is 14.2 Å². The van der Waals surface area contributed by atoms with Crippen molar-refractivity contribution in [1.29, 1.82) is 0 Å². The average molecular weight is 405 g/mol. The van der Waals surface area contributed by atoms with Crippen LogP contribution in [0.3, 0.4) is 0 Å². The highest BCUT2D eigenvalue weighted by atomic mass is 19.3. The van der Waals surface area contributed by atoms with Gasteiger partial charge < -0.3 is 24.6 Å². The van der Waals surface area contributed by atoms with Crippen molar-refractivity contribution in [1.82, 2.24) is 9.55 Å². The first-order valence-electron chi connectivity index (χ1n) is 8.35. The Kier molecular flexibility index (Phi) is 6.34. The van der Waals surface area contributed by atoms with Gasteiger partial charge in [-0.05, 0) is 19.9 Å². The van der Waals surface area contributed by atoms with E-state index in [1.165, 1.54) is 19.9 Å². The van der Waals surface area contributed by atoms with Crippen LogP contribution in [0.5, 0.6) is 0 Å². The maximum atomic E-state index is 15.0. The first kappa shape index (κ1) is 21.7. The summed E-state index contributed by atoms with van der Waals surface area (Å²) in [5, 5.41) is 11.7. The molecule has 2 N–H and O–H groups in total. The zero-order valence-electron chi connectivity index (χ0n) is 15.6. The molecule has 28 heavy (non-hydrogen) atoms. The van der Waals surface area contributed by atoms with E-state index in [-0.39, 0.29) is 5.82 Å². The third-order valence-corrected chi connectivity index (χ3v) is 3.84. The van der Waals surface area contributed by atoms with Gasteiger partial charge in [0.1, 0.15) is 24.3 Å². The fourth-order valence-corrected chi connectivity index (χ4v) is 2.82. The van der Waals surface area contributed by atoms with Crippen LogP contribution in [-0.4, -0.2) is 57.1 Å². The Balaban J connectivity index is 2.40. The number of aromatic nitrogens is 2. The maximum absolute atomic E-state index is 15.0. The predicted octanol–water partition coefficient (Wildman–Crippen LogP) is 0.409. The van der Waals surface area contributed by atoms with Gasteiger partial charge in [0.2, 0.25) is 6.23 Å². The SMILES string of the molecule is CC(=O)OC(C)C1OC(n2ccc(NC(C)O)nc2=O)C(F)(F)C1OC(C)=O. The molecule has 5 atom stereocenters. The van der Waals surface area contributed by atoms with Crippen molar-refractivity contribution >= 4 is 17.8 Å². The van der Waals surface area contributed by atoms with Crippen molar-refractivity contribution in [2.75, 3.05) is 5.32 Å². The number of aliphatic hydroxyl groups is 1. The number of alkyl halides is 2. The molecule has 0 amide bonds. The Morgan fingerprint density at radius 1 is 1.36 bits per heavy atom. The number of halogens is 2. The molecule has 0 radical (unpaired) electrons. The molecule has 2 rings (SSSR count). The summed E-state index contributed by atoms with van der Waals surface area (Å²) < 4.78 is 45.4. The van der Waals surface area contributed by atoms with Gasteiger partial charge in [-0.3, -0.25) is 14.2 Å². The van der Waals surface area contributed by atoms with Crippen LogP contribution in [0.4, 0.5) is 14.6 Å². The number of nitrogens with zero attached hydrogens (tertiary/aromatic N) is 2. The monoisotopic (exact) mass is 405 g/mol. The van der Waals surface area contributed by atoms with E-state index < -0.39 is 54.3 Å². The summed E-state index contributed by atoms with van der Waals surface area (Å²) in [4.78, 5) is 38.2. The summed E-state index contributed by atoms with van der Waals surface area (Å²) in [5.74, 6) is -5.58. The lowest BCUT2D eigenvalue weighted by Crippen LogP contribution is -2.46. The Labute approximate surface area is 158 Å². The molecule has 1 aromatic heterocycles. The molecule has 2 heterocycles. The highest BCUT2D eigenvalue weighted by Crippen LogP contribution is 2.45. The molecule has 10 nitrogen and oxygen atoms in total. The normalized spacial score (nSPS) is 25.6. The molecule has 1 aliphatic rings. The van der Waals surface area contributed by atoms with Crippen LogP contribution in [0.25, 0.3) is 0 Å². The van der Waals surface area contributed by atoms with Gasteiger partial charge in [0.15, 0.2) is 6.10 Å². The molecular formula is C16H21F2N3O7. The fourth-order valence-electron chi connectivity index (χ4n) is 2.82. The van der Waals surface area contributed by atoms with Crippen molar-refractivity contribution in [2.24, 2.45) is 0 Å². The lowest BCUT2D eigenvalue weighted by atomic mass is 10.1. The minimum atomic E-state index is -3.82. The Bertz CT molecular complexity index is 799. The summed E-state index contributed by atoms with van der Waals surface area (Å²) >= 11 is 0. The molecule has 156 valence electrons. The minimum Gasteiger partial charge on any atom is -0.460 e. The third-order valence-electron chi connectivity index (χ3n) is 3.84. The van der Waals surface area contributed by atoms with Crippen LogP contribution >= 0.6 is 0 Å². The summed E-state index contributed by atoms with van der Waals surface area (Å²) in [5.41, 5.74) is -1.09. The van der Waals surface area contributed by atoms with Crippen LogP contribution in [0, 0.1) is 0 Å². The molecule has 0 spiro atoms.